The molecule has 12 nitrogen and oxygen atoms in total. The van der Waals surface area contributed by atoms with Crippen molar-refractivity contribution in [2.24, 2.45) is 5.10 Å². The number of rotatable bonds is 7. The molecule has 0 spiro atoms. The maximum Gasteiger partial charge on any atom is 0.347 e. The molecule has 0 bridgehead atoms. The summed E-state index contributed by atoms with van der Waals surface area (Å²) >= 11 is 0. The molecule has 2 aliphatic rings. The minimum absolute atomic E-state index is 0.102. The second kappa shape index (κ2) is 10.7. The molecule has 0 N–H and O–H groups in total. The van der Waals surface area contributed by atoms with Gasteiger partial charge in [0.05, 0.1) is 21.2 Å². The molecule has 1 fully saturated rings. The Morgan fingerprint density at radius 1 is 0.578 bits per heavy atom. The number of nitro benzene ring substituents is 2. The highest BCUT2D eigenvalue weighted by Crippen LogP contribution is 2.52. The maximum atomic E-state index is 14.9. The molecule has 2 heterocycles. The van der Waals surface area contributed by atoms with Crippen molar-refractivity contribution in [2.75, 3.05) is 15.0 Å². The number of carbonyl (C=O) groups is 1. The lowest BCUT2D eigenvalue weighted by Crippen LogP contribution is -2.58. The average molecular weight is 598 g/mol. The lowest BCUT2D eigenvalue weighted by atomic mass is 9.88. The number of carbonyl (C=O) groups excluding carboxylic acids is 1. The molecule has 5 aromatic rings. The second-order valence-corrected chi connectivity index (χ2v) is 10.2. The number of benzene rings is 5. The van der Waals surface area contributed by atoms with Crippen molar-refractivity contribution >= 4 is 40.2 Å². The van der Waals surface area contributed by atoms with Crippen molar-refractivity contribution < 1.29 is 14.6 Å². The van der Waals surface area contributed by atoms with Crippen LogP contribution in [0, 0.1) is 20.2 Å². The molecule has 0 aliphatic carbocycles. The molecular weight excluding hydrogens is 574 g/mol. The van der Waals surface area contributed by atoms with Crippen LogP contribution in [-0.2, 0) is 5.66 Å². The summed E-state index contributed by atoms with van der Waals surface area (Å²) in [6.45, 7) is 0. The Morgan fingerprint density at radius 3 is 1.60 bits per heavy atom. The molecule has 1 saturated heterocycles. The largest absolute Gasteiger partial charge is 0.347 e. The van der Waals surface area contributed by atoms with Gasteiger partial charge < -0.3 is 0 Å². The summed E-state index contributed by atoms with van der Waals surface area (Å²) in [6.07, 6.45) is 0. The number of amides is 2. The molecule has 2 aliphatic heterocycles. The van der Waals surface area contributed by atoms with Gasteiger partial charge in [-0.05, 0) is 36.4 Å². The normalized spacial score (nSPS) is 17.7. The van der Waals surface area contributed by atoms with E-state index in [1.165, 1.54) is 41.4 Å². The molecule has 1 unspecified atom stereocenters. The summed E-state index contributed by atoms with van der Waals surface area (Å²) in [6, 6.07) is 39.2. The Balaban J connectivity index is 1.56. The standard InChI is InChI=1S/C33H23N7O5/c41-32-35(26-14-8-3-9-15-26)33(25-12-6-2-7-13-25)31(24-10-4-1-5-11-24)34-37(28-18-22-30(23-19-28)39(44)45)40(33)36(32)27-16-20-29(21-17-27)38(42)43/h1-23H. The highest BCUT2D eigenvalue weighted by molar-refractivity contribution is 6.20. The Labute approximate surface area is 256 Å². The quantitative estimate of drug-likeness (QED) is 0.148. The van der Waals surface area contributed by atoms with E-state index < -0.39 is 21.5 Å². The second-order valence-electron chi connectivity index (χ2n) is 10.2. The molecule has 2 amide bonds. The first-order valence-corrected chi connectivity index (χ1v) is 13.9. The molecule has 7 rings (SSSR count). The van der Waals surface area contributed by atoms with Crippen LogP contribution in [0.25, 0.3) is 0 Å². The summed E-state index contributed by atoms with van der Waals surface area (Å²) in [5.74, 6) is 0. The minimum atomic E-state index is -1.41. The van der Waals surface area contributed by atoms with Gasteiger partial charge in [-0.25, -0.2) is 9.80 Å². The third kappa shape index (κ3) is 4.27. The van der Waals surface area contributed by atoms with Crippen molar-refractivity contribution in [3.63, 3.8) is 0 Å². The SMILES string of the molecule is O=C1N(c2ccc([N+](=O)[O-])cc2)N2N(c3ccc([N+](=O)[O-])cc3)N=C(c3ccccc3)C2(c2ccccc2)N1c1ccccc1. The summed E-state index contributed by atoms with van der Waals surface area (Å²) in [4.78, 5) is 38.6. The number of anilines is 3. The van der Waals surface area contributed by atoms with Crippen molar-refractivity contribution in [1.82, 2.24) is 5.12 Å². The zero-order valence-electron chi connectivity index (χ0n) is 23.5. The first kappa shape index (κ1) is 27.4. The predicted octanol–water partition coefficient (Wildman–Crippen LogP) is 6.86. The van der Waals surface area contributed by atoms with E-state index in [9.17, 15) is 25.0 Å². The predicted molar refractivity (Wildman–Crippen MR) is 168 cm³/mol. The fourth-order valence-electron chi connectivity index (χ4n) is 5.77. The molecule has 5 aromatic carbocycles. The first-order chi connectivity index (χ1) is 21.9. The Kier molecular flexibility index (Phi) is 6.53. The van der Waals surface area contributed by atoms with Crippen LogP contribution in [0.3, 0.4) is 0 Å². The van der Waals surface area contributed by atoms with Gasteiger partial charge in [0.2, 0.25) is 5.66 Å². The molecule has 12 heteroatoms. The van der Waals surface area contributed by atoms with Crippen molar-refractivity contribution in [3.05, 3.63) is 171 Å². The number of hydrogen-bond donors (Lipinski definition) is 0. The first-order valence-electron chi connectivity index (χ1n) is 13.9. The molecule has 0 radical (unpaired) electrons. The average Bonchev–Trinajstić information content (AvgIpc) is 3.56. The van der Waals surface area contributed by atoms with Crippen molar-refractivity contribution in [3.8, 4) is 0 Å². The van der Waals surface area contributed by atoms with Gasteiger partial charge in [-0.15, -0.1) is 0 Å². The van der Waals surface area contributed by atoms with Gasteiger partial charge in [-0.1, -0.05) is 84.0 Å². The number of hydrogen-bond acceptors (Lipinski definition) is 8. The third-order valence-electron chi connectivity index (χ3n) is 7.71. The number of para-hydroxylation sites is 1. The van der Waals surface area contributed by atoms with Crippen LogP contribution in [0.5, 0.6) is 0 Å². The highest BCUT2D eigenvalue weighted by Gasteiger charge is 2.67. The van der Waals surface area contributed by atoms with E-state index >= 15 is 0 Å². The maximum absolute atomic E-state index is 14.9. The summed E-state index contributed by atoms with van der Waals surface area (Å²) in [7, 11) is 0. The van der Waals surface area contributed by atoms with Crippen LogP contribution < -0.4 is 15.0 Å². The van der Waals surface area contributed by atoms with Crippen LogP contribution in [-0.4, -0.2) is 26.7 Å². The summed E-state index contributed by atoms with van der Waals surface area (Å²) in [5, 5.41) is 32.8. The number of hydrazine groups is 2. The number of nitrogens with zero attached hydrogens (tertiary/aromatic N) is 7. The van der Waals surface area contributed by atoms with Gasteiger partial charge in [0.15, 0.2) is 0 Å². The smallest absolute Gasteiger partial charge is 0.260 e. The summed E-state index contributed by atoms with van der Waals surface area (Å²) in [5.41, 5.74) is 1.68. The van der Waals surface area contributed by atoms with E-state index in [0.29, 0.717) is 28.3 Å². The number of nitro groups is 2. The van der Waals surface area contributed by atoms with Crippen LogP contribution in [0.4, 0.5) is 33.2 Å². The zero-order chi connectivity index (χ0) is 31.1. The fraction of sp³-hybridized carbons (Fsp3) is 0.0303. The van der Waals surface area contributed by atoms with E-state index in [1.54, 1.807) is 27.3 Å². The lowest BCUT2D eigenvalue weighted by Gasteiger charge is -2.41. The minimum Gasteiger partial charge on any atom is -0.260 e. The van der Waals surface area contributed by atoms with E-state index in [4.69, 9.17) is 5.10 Å². The van der Waals surface area contributed by atoms with Gasteiger partial charge >= 0.3 is 6.03 Å². The lowest BCUT2D eigenvalue weighted by molar-refractivity contribution is -0.385. The monoisotopic (exact) mass is 597 g/mol. The van der Waals surface area contributed by atoms with Gasteiger partial charge in [0, 0.05) is 41.1 Å². The molecule has 0 aromatic heterocycles. The Hall–Kier alpha value is -6.40. The number of non-ortho nitro benzene ring substituents is 2. The van der Waals surface area contributed by atoms with Gasteiger partial charge in [0.25, 0.3) is 11.4 Å². The van der Waals surface area contributed by atoms with Crippen LogP contribution in [0.1, 0.15) is 11.1 Å². The van der Waals surface area contributed by atoms with Gasteiger partial charge in [-0.3, -0.25) is 25.1 Å². The fourth-order valence-corrected chi connectivity index (χ4v) is 5.77. The number of hydrazone groups is 1. The summed E-state index contributed by atoms with van der Waals surface area (Å²) < 4.78 is 0. The highest BCUT2D eigenvalue weighted by atomic mass is 16.6. The number of urea groups is 1. The topological polar surface area (TPSA) is 129 Å². The van der Waals surface area contributed by atoms with Crippen LogP contribution >= 0.6 is 0 Å². The van der Waals surface area contributed by atoms with E-state index in [1.807, 2.05) is 91.0 Å². The Bertz CT molecular complexity index is 1940. The van der Waals surface area contributed by atoms with Gasteiger partial charge in [0.1, 0.15) is 5.71 Å². The molecule has 1 atom stereocenters. The molecule has 220 valence electrons. The molecule has 0 saturated carbocycles. The van der Waals surface area contributed by atoms with Crippen LogP contribution in [0.2, 0.25) is 0 Å². The van der Waals surface area contributed by atoms with E-state index in [-0.39, 0.29) is 11.4 Å². The zero-order valence-corrected chi connectivity index (χ0v) is 23.5. The van der Waals surface area contributed by atoms with Gasteiger partial charge in [-0.2, -0.15) is 10.2 Å². The molecular formula is C33H23N7O5. The van der Waals surface area contributed by atoms with Crippen molar-refractivity contribution in [2.45, 2.75) is 5.66 Å². The molecule has 45 heavy (non-hydrogen) atoms. The Morgan fingerprint density at radius 2 is 1.07 bits per heavy atom. The van der Waals surface area contributed by atoms with Crippen LogP contribution in [0.15, 0.2) is 145 Å². The van der Waals surface area contributed by atoms with E-state index in [0.717, 1.165) is 5.56 Å². The van der Waals surface area contributed by atoms with Crippen molar-refractivity contribution in [1.29, 1.82) is 0 Å². The number of fused-ring (bicyclic) bond motifs is 1. The van der Waals surface area contributed by atoms with E-state index in [2.05, 4.69) is 0 Å². The third-order valence-corrected chi connectivity index (χ3v) is 7.71.